The molecular formula is C16H27N3O2. The Morgan fingerprint density at radius 2 is 1.76 bits per heavy atom. The van der Waals surface area contributed by atoms with Crippen molar-refractivity contribution in [2.24, 2.45) is 0 Å². The average Bonchev–Trinajstić information content (AvgIpc) is 2.44. The monoisotopic (exact) mass is 293 g/mol. The first kappa shape index (κ1) is 16.0. The molecule has 0 radical (unpaired) electrons. The van der Waals surface area contributed by atoms with E-state index < -0.39 is 0 Å². The van der Waals surface area contributed by atoms with Crippen LogP contribution in [-0.4, -0.2) is 61.4 Å². The van der Waals surface area contributed by atoms with Gasteiger partial charge in [-0.05, 0) is 25.3 Å². The quantitative estimate of drug-likeness (QED) is 0.791. The van der Waals surface area contributed by atoms with Crippen LogP contribution < -0.4 is 5.32 Å². The molecule has 0 aromatic rings. The summed E-state index contributed by atoms with van der Waals surface area (Å²) in [6.07, 6.45) is 5.87. The molecule has 21 heavy (non-hydrogen) atoms. The third-order valence-corrected chi connectivity index (χ3v) is 4.76. The fourth-order valence-electron chi connectivity index (χ4n) is 3.01. The number of rotatable bonds is 4. The van der Waals surface area contributed by atoms with E-state index in [1.165, 1.54) is 19.3 Å². The van der Waals surface area contributed by atoms with Gasteiger partial charge in [0.25, 0.3) is 0 Å². The third kappa shape index (κ3) is 3.84. The molecule has 5 nitrogen and oxygen atoms in total. The highest BCUT2D eigenvalue weighted by Crippen LogP contribution is 2.21. The van der Waals surface area contributed by atoms with Gasteiger partial charge < -0.3 is 15.1 Å². The van der Waals surface area contributed by atoms with E-state index in [1.807, 2.05) is 18.9 Å². The van der Waals surface area contributed by atoms with E-state index in [4.69, 9.17) is 0 Å². The maximum atomic E-state index is 12.3. The van der Waals surface area contributed by atoms with Crippen molar-refractivity contribution in [3.63, 3.8) is 0 Å². The molecule has 0 unspecified atom stereocenters. The lowest BCUT2D eigenvalue weighted by atomic mass is 9.94. The second-order valence-electron chi connectivity index (χ2n) is 6.29. The zero-order valence-corrected chi connectivity index (χ0v) is 13.4. The standard InChI is InChI=1S/C16H27N3O2/c1-12(13-9-17-10-13)16(21)18(2)11-15(20)19(3)14-7-5-4-6-8-14/h14,17H,4-11H2,1-3H3. The van der Waals surface area contributed by atoms with Gasteiger partial charge >= 0.3 is 0 Å². The van der Waals surface area contributed by atoms with Gasteiger partial charge in [0.05, 0.1) is 6.54 Å². The molecule has 0 aromatic heterocycles. The van der Waals surface area contributed by atoms with E-state index in [1.54, 1.807) is 11.9 Å². The molecule has 1 saturated carbocycles. The van der Waals surface area contributed by atoms with Gasteiger partial charge in [-0.2, -0.15) is 0 Å². The lowest BCUT2D eigenvalue weighted by Crippen LogP contribution is -2.45. The van der Waals surface area contributed by atoms with Gasteiger partial charge in [-0.3, -0.25) is 9.59 Å². The molecule has 0 bridgehead atoms. The average molecular weight is 293 g/mol. The topological polar surface area (TPSA) is 52.7 Å². The molecule has 2 rings (SSSR count). The van der Waals surface area contributed by atoms with E-state index >= 15 is 0 Å². The number of nitrogens with one attached hydrogen (secondary N) is 1. The highest BCUT2D eigenvalue weighted by Gasteiger charge is 2.25. The van der Waals surface area contributed by atoms with Crippen LogP contribution in [0.15, 0.2) is 11.1 Å². The fourth-order valence-corrected chi connectivity index (χ4v) is 3.01. The maximum absolute atomic E-state index is 12.3. The Hall–Kier alpha value is -1.36. The second-order valence-corrected chi connectivity index (χ2v) is 6.29. The number of amides is 2. The number of hydrogen-bond acceptors (Lipinski definition) is 3. The van der Waals surface area contributed by atoms with Crippen LogP contribution in [0.4, 0.5) is 0 Å². The van der Waals surface area contributed by atoms with Gasteiger partial charge in [-0.25, -0.2) is 0 Å². The molecule has 1 aliphatic heterocycles. The molecule has 1 N–H and O–H groups in total. The Kier molecular flexibility index (Phi) is 5.39. The van der Waals surface area contributed by atoms with Crippen molar-refractivity contribution in [1.29, 1.82) is 0 Å². The smallest absolute Gasteiger partial charge is 0.249 e. The first-order valence-corrected chi connectivity index (χ1v) is 7.91. The van der Waals surface area contributed by atoms with Crippen LogP contribution in [0.25, 0.3) is 0 Å². The number of nitrogens with zero attached hydrogens (tertiary/aromatic N) is 2. The van der Waals surface area contributed by atoms with Crippen molar-refractivity contribution in [3.8, 4) is 0 Å². The first-order valence-electron chi connectivity index (χ1n) is 7.91. The molecule has 2 fully saturated rings. The Morgan fingerprint density at radius 3 is 2.29 bits per heavy atom. The van der Waals surface area contributed by atoms with Crippen molar-refractivity contribution in [3.05, 3.63) is 11.1 Å². The Labute approximate surface area is 127 Å². The van der Waals surface area contributed by atoms with E-state index in [0.717, 1.165) is 37.1 Å². The molecule has 1 heterocycles. The Bertz CT molecular complexity index is 433. The van der Waals surface area contributed by atoms with Crippen molar-refractivity contribution >= 4 is 11.8 Å². The van der Waals surface area contributed by atoms with E-state index in [0.29, 0.717) is 6.04 Å². The Morgan fingerprint density at radius 1 is 1.14 bits per heavy atom. The van der Waals surface area contributed by atoms with Crippen molar-refractivity contribution in [2.75, 3.05) is 33.7 Å². The SMILES string of the molecule is CC(C(=O)N(C)CC(=O)N(C)C1CCCCC1)=C1CNC1. The molecule has 0 aromatic carbocycles. The molecule has 1 aliphatic carbocycles. The molecular weight excluding hydrogens is 266 g/mol. The van der Waals surface area contributed by atoms with E-state index in [-0.39, 0.29) is 18.4 Å². The van der Waals surface area contributed by atoms with Crippen LogP contribution in [0, 0.1) is 0 Å². The molecule has 5 heteroatoms. The van der Waals surface area contributed by atoms with Crippen LogP contribution in [0.5, 0.6) is 0 Å². The van der Waals surface area contributed by atoms with Crippen molar-refractivity contribution < 1.29 is 9.59 Å². The molecule has 0 atom stereocenters. The van der Waals surface area contributed by atoms with E-state index in [9.17, 15) is 9.59 Å². The van der Waals surface area contributed by atoms with Crippen molar-refractivity contribution in [1.82, 2.24) is 15.1 Å². The highest BCUT2D eigenvalue weighted by atomic mass is 16.2. The van der Waals surface area contributed by atoms with Gasteiger partial charge in [0.2, 0.25) is 11.8 Å². The number of carbonyl (C=O) groups excluding carboxylic acids is 2. The van der Waals surface area contributed by atoms with E-state index in [2.05, 4.69) is 5.32 Å². The van der Waals surface area contributed by atoms with Gasteiger partial charge in [-0.15, -0.1) is 0 Å². The van der Waals surface area contributed by atoms with Gasteiger partial charge in [-0.1, -0.05) is 19.3 Å². The molecule has 1 saturated heterocycles. The Balaban J connectivity index is 1.87. The molecule has 118 valence electrons. The third-order valence-electron chi connectivity index (χ3n) is 4.76. The van der Waals surface area contributed by atoms with Crippen LogP contribution >= 0.6 is 0 Å². The summed E-state index contributed by atoms with van der Waals surface area (Å²) >= 11 is 0. The van der Waals surface area contributed by atoms with Crippen LogP contribution in [0.1, 0.15) is 39.0 Å². The summed E-state index contributed by atoms with van der Waals surface area (Å²) in [6, 6.07) is 0.352. The number of hydrogen-bond donors (Lipinski definition) is 1. The van der Waals surface area contributed by atoms with Gasteiger partial charge in [0.15, 0.2) is 0 Å². The van der Waals surface area contributed by atoms with Crippen LogP contribution in [0.2, 0.25) is 0 Å². The fraction of sp³-hybridized carbons (Fsp3) is 0.750. The summed E-state index contributed by atoms with van der Waals surface area (Å²) in [5, 5.41) is 3.13. The zero-order chi connectivity index (χ0) is 15.4. The first-order chi connectivity index (χ1) is 10.0. The normalized spacial score (nSPS) is 18.9. The van der Waals surface area contributed by atoms with Gasteiger partial charge in [0.1, 0.15) is 0 Å². The second kappa shape index (κ2) is 7.07. The van der Waals surface area contributed by atoms with Gasteiger partial charge in [0, 0.05) is 38.8 Å². The predicted molar refractivity (Wildman–Crippen MR) is 82.8 cm³/mol. The molecule has 2 amide bonds. The van der Waals surface area contributed by atoms with Crippen LogP contribution in [0.3, 0.4) is 0 Å². The zero-order valence-electron chi connectivity index (χ0n) is 13.4. The number of likely N-dealkylation sites (N-methyl/N-ethyl adjacent to an activating group) is 2. The summed E-state index contributed by atoms with van der Waals surface area (Å²) in [6.45, 7) is 3.61. The maximum Gasteiger partial charge on any atom is 0.249 e. The summed E-state index contributed by atoms with van der Waals surface area (Å²) in [4.78, 5) is 28.0. The lowest BCUT2D eigenvalue weighted by Gasteiger charge is -2.32. The highest BCUT2D eigenvalue weighted by molar-refractivity contribution is 5.96. The van der Waals surface area contributed by atoms with Crippen molar-refractivity contribution in [2.45, 2.75) is 45.1 Å². The minimum atomic E-state index is -0.0307. The number of carbonyl (C=O) groups is 2. The minimum absolute atomic E-state index is 0.0307. The minimum Gasteiger partial charge on any atom is -0.341 e. The summed E-state index contributed by atoms with van der Waals surface area (Å²) in [5.41, 5.74) is 1.93. The summed E-state index contributed by atoms with van der Waals surface area (Å²) in [7, 11) is 3.59. The predicted octanol–water partition coefficient (Wildman–Crippen LogP) is 1.16. The van der Waals surface area contributed by atoms with Crippen LogP contribution in [-0.2, 0) is 9.59 Å². The molecule has 0 spiro atoms. The summed E-state index contributed by atoms with van der Waals surface area (Å²) < 4.78 is 0. The summed E-state index contributed by atoms with van der Waals surface area (Å²) in [5.74, 6) is 0.0131. The lowest BCUT2D eigenvalue weighted by molar-refractivity contribution is -0.138. The molecule has 2 aliphatic rings. The largest absolute Gasteiger partial charge is 0.341 e.